The Morgan fingerprint density at radius 3 is 2.54 bits per heavy atom. The van der Waals surface area contributed by atoms with Crippen molar-refractivity contribution >= 4 is 11.6 Å². The number of nitrogens with zero attached hydrogens (tertiary/aromatic N) is 6. The molecular formula is C17H14N8O. The van der Waals surface area contributed by atoms with Gasteiger partial charge < -0.3 is 5.32 Å². The Morgan fingerprint density at radius 2 is 1.88 bits per heavy atom. The highest BCUT2D eigenvalue weighted by atomic mass is 16.1. The molecular weight excluding hydrogens is 332 g/mol. The van der Waals surface area contributed by atoms with Crippen molar-refractivity contribution in [3.8, 4) is 17.1 Å². The van der Waals surface area contributed by atoms with Crippen LogP contribution in [0, 0.1) is 0 Å². The van der Waals surface area contributed by atoms with Crippen molar-refractivity contribution in [1.29, 1.82) is 0 Å². The smallest absolute Gasteiger partial charge is 0.228 e. The fraction of sp³-hybridized carbons (Fsp3) is 0.0588. The van der Waals surface area contributed by atoms with Crippen LogP contribution >= 0.6 is 0 Å². The number of carbonyl (C=O) groups is 1. The normalized spacial score (nSPS) is 10.6. The number of amides is 1. The lowest BCUT2D eigenvalue weighted by atomic mass is 10.1. The van der Waals surface area contributed by atoms with E-state index in [1.54, 1.807) is 4.68 Å². The zero-order valence-electron chi connectivity index (χ0n) is 13.6. The molecule has 0 saturated heterocycles. The van der Waals surface area contributed by atoms with Crippen molar-refractivity contribution in [3.05, 3.63) is 66.7 Å². The van der Waals surface area contributed by atoms with Gasteiger partial charge in [-0.1, -0.05) is 12.1 Å². The number of H-pyrrole nitrogens is 1. The van der Waals surface area contributed by atoms with E-state index in [1.165, 1.54) is 12.7 Å². The largest absolute Gasteiger partial charge is 0.326 e. The molecule has 0 radical (unpaired) electrons. The van der Waals surface area contributed by atoms with Gasteiger partial charge in [0.05, 0.1) is 12.1 Å². The van der Waals surface area contributed by atoms with E-state index in [0.29, 0.717) is 5.82 Å². The number of nitrogens with one attached hydrogen (secondary N) is 2. The molecule has 2 N–H and O–H groups in total. The minimum absolute atomic E-state index is 0.0902. The standard InChI is InChI=1S/C17H14N8O/c26-16(9-12-1-7-15(8-2-12)25-11-20-23-24-25)21-14-5-3-13(4-6-14)17-18-10-19-22-17/h1-8,10-11H,9H2,(H,21,26)(H,18,19,22). The summed E-state index contributed by atoms with van der Waals surface area (Å²) in [5.41, 5.74) is 3.36. The van der Waals surface area contributed by atoms with Crippen LogP contribution in [0.5, 0.6) is 0 Å². The number of hydrogen-bond donors (Lipinski definition) is 2. The Bertz CT molecular complexity index is 895. The summed E-state index contributed by atoms with van der Waals surface area (Å²) < 4.78 is 1.56. The molecule has 26 heavy (non-hydrogen) atoms. The van der Waals surface area contributed by atoms with Gasteiger partial charge in [0.2, 0.25) is 5.91 Å². The van der Waals surface area contributed by atoms with Crippen LogP contribution in [0.25, 0.3) is 17.1 Å². The molecule has 128 valence electrons. The Morgan fingerprint density at radius 1 is 1.08 bits per heavy atom. The van der Waals surface area contributed by atoms with Crippen LogP contribution in [0.1, 0.15) is 5.56 Å². The molecule has 0 aliphatic carbocycles. The molecule has 4 rings (SSSR count). The van der Waals surface area contributed by atoms with Gasteiger partial charge in [0.25, 0.3) is 0 Å². The maximum absolute atomic E-state index is 12.2. The first-order valence-electron chi connectivity index (χ1n) is 7.86. The predicted molar refractivity (Wildman–Crippen MR) is 93.3 cm³/mol. The second-order valence-electron chi connectivity index (χ2n) is 5.56. The molecule has 2 heterocycles. The number of tetrazole rings is 1. The molecule has 0 unspecified atom stereocenters. The van der Waals surface area contributed by atoms with Crippen molar-refractivity contribution in [3.63, 3.8) is 0 Å². The van der Waals surface area contributed by atoms with Gasteiger partial charge >= 0.3 is 0 Å². The van der Waals surface area contributed by atoms with Crippen molar-refractivity contribution in [2.24, 2.45) is 0 Å². The Hall–Kier alpha value is -3.88. The Labute approximate surface area is 148 Å². The maximum Gasteiger partial charge on any atom is 0.228 e. The van der Waals surface area contributed by atoms with E-state index < -0.39 is 0 Å². The lowest BCUT2D eigenvalue weighted by Gasteiger charge is -2.07. The molecule has 0 saturated carbocycles. The highest BCUT2D eigenvalue weighted by Gasteiger charge is 2.06. The fourth-order valence-electron chi connectivity index (χ4n) is 2.49. The number of benzene rings is 2. The van der Waals surface area contributed by atoms with E-state index in [-0.39, 0.29) is 12.3 Å². The summed E-state index contributed by atoms with van der Waals surface area (Å²) in [6, 6.07) is 14.9. The fourth-order valence-corrected chi connectivity index (χ4v) is 2.49. The molecule has 0 aliphatic rings. The molecule has 4 aromatic rings. The molecule has 0 aliphatic heterocycles. The molecule has 1 amide bonds. The third-order valence-corrected chi connectivity index (χ3v) is 3.77. The average molecular weight is 346 g/mol. The van der Waals surface area contributed by atoms with Crippen LogP contribution in [0.3, 0.4) is 0 Å². The minimum Gasteiger partial charge on any atom is -0.326 e. The van der Waals surface area contributed by atoms with E-state index >= 15 is 0 Å². The van der Waals surface area contributed by atoms with Gasteiger partial charge in [0.15, 0.2) is 5.82 Å². The third-order valence-electron chi connectivity index (χ3n) is 3.77. The lowest BCUT2D eigenvalue weighted by Crippen LogP contribution is -2.14. The number of carbonyl (C=O) groups excluding carboxylic acids is 1. The van der Waals surface area contributed by atoms with Crippen LogP contribution in [-0.2, 0) is 11.2 Å². The van der Waals surface area contributed by atoms with Gasteiger partial charge in [-0.2, -0.15) is 5.10 Å². The van der Waals surface area contributed by atoms with Crippen LogP contribution < -0.4 is 5.32 Å². The molecule has 0 atom stereocenters. The molecule has 0 spiro atoms. The second-order valence-corrected chi connectivity index (χ2v) is 5.56. The average Bonchev–Trinajstić information content (AvgIpc) is 3.37. The molecule has 0 fully saturated rings. The van der Waals surface area contributed by atoms with E-state index in [9.17, 15) is 4.79 Å². The molecule has 0 bridgehead atoms. The van der Waals surface area contributed by atoms with E-state index in [2.05, 4.69) is 36.0 Å². The van der Waals surface area contributed by atoms with E-state index in [1.807, 2.05) is 48.5 Å². The first kappa shape index (κ1) is 15.6. The number of aromatic nitrogens is 7. The van der Waals surface area contributed by atoms with Crippen molar-refractivity contribution in [1.82, 2.24) is 35.4 Å². The zero-order chi connectivity index (χ0) is 17.8. The lowest BCUT2D eigenvalue weighted by molar-refractivity contribution is -0.115. The van der Waals surface area contributed by atoms with Gasteiger partial charge in [-0.15, -0.1) is 5.10 Å². The Kier molecular flexibility index (Phi) is 4.17. The van der Waals surface area contributed by atoms with Crippen molar-refractivity contribution in [2.75, 3.05) is 5.32 Å². The predicted octanol–water partition coefficient (Wildman–Crippen LogP) is 1.63. The summed E-state index contributed by atoms with van der Waals surface area (Å²) in [4.78, 5) is 16.3. The quantitative estimate of drug-likeness (QED) is 0.568. The molecule has 9 nitrogen and oxygen atoms in total. The minimum atomic E-state index is -0.0902. The number of aromatic amines is 1. The van der Waals surface area contributed by atoms with Crippen molar-refractivity contribution in [2.45, 2.75) is 6.42 Å². The molecule has 2 aromatic carbocycles. The van der Waals surface area contributed by atoms with Gasteiger partial charge in [0, 0.05) is 11.3 Å². The van der Waals surface area contributed by atoms with Crippen LogP contribution in [-0.4, -0.2) is 41.3 Å². The summed E-state index contributed by atoms with van der Waals surface area (Å²) in [7, 11) is 0. The molecule has 2 aromatic heterocycles. The van der Waals surface area contributed by atoms with E-state index in [4.69, 9.17) is 0 Å². The Balaban J connectivity index is 1.38. The highest BCUT2D eigenvalue weighted by Crippen LogP contribution is 2.17. The first-order chi connectivity index (χ1) is 12.8. The van der Waals surface area contributed by atoms with Gasteiger partial charge in [0.1, 0.15) is 12.7 Å². The summed E-state index contributed by atoms with van der Waals surface area (Å²) >= 11 is 0. The SMILES string of the molecule is O=C(Cc1ccc(-n2cnnn2)cc1)Nc1ccc(-c2ncn[nH]2)cc1. The van der Waals surface area contributed by atoms with Gasteiger partial charge in [-0.25, -0.2) is 9.67 Å². The summed E-state index contributed by atoms with van der Waals surface area (Å²) in [5, 5.41) is 20.5. The van der Waals surface area contributed by atoms with Gasteiger partial charge in [-0.05, 0) is 52.4 Å². The number of hydrogen-bond acceptors (Lipinski definition) is 6. The van der Waals surface area contributed by atoms with Crippen molar-refractivity contribution < 1.29 is 4.79 Å². The summed E-state index contributed by atoms with van der Waals surface area (Å²) in [6.07, 6.45) is 3.25. The number of anilines is 1. The summed E-state index contributed by atoms with van der Waals surface area (Å²) in [6.45, 7) is 0. The van der Waals surface area contributed by atoms with E-state index in [0.717, 1.165) is 22.5 Å². The third kappa shape index (κ3) is 3.46. The highest BCUT2D eigenvalue weighted by molar-refractivity contribution is 5.92. The summed E-state index contributed by atoms with van der Waals surface area (Å²) in [5.74, 6) is 0.595. The van der Waals surface area contributed by atoms with Crippen LogP contribution in [0.2, 0.25) is 0 Å². The van der Waals surface area contributed by atoms with Crippen LogP contribution in [0.4, 0.5) is 5.69 Å². The topological polar surface area (TPSA) is 114 Å². The second kappa shape index (κ2) is 6.93. The maximum atomic E-state index is 12.2. The first-order valence-corrected chi connectivity index (χ1v) is 7.86. The monoisotopic (exact) mass is 346 g/mol. The van der Waals surface area contributed by atoms with Crippen LogP contribution in [0.15, 0.2) is 61.2 Å². The number of rotatable bonds is 5. The van der Waals surface area contributed by atoms with Gasteiger partial charge in [-0.3, -0.25) is 9.89 Å². The molecule has 9 heteroatoms. The zero-order valence-corrected chi connectivity index (χ0v) is 13.6.